The van der Waals surface area contributed by atoms with Crippen LogP contribution in [0.4, 0.5) is 11.4 Å². The number of carbonyl (C=O) groups is 3. The maximum absolute atomic E-state index is 13.7. The Morgan fingerprint density at radius 2 is 1.70 bits per heavy atom. The second-order valence-electron chi connectivity index (χ2n) is 10.3. The van der Waals surface area contributed by atoms with E-state index in [2.05, 4.69) is 5.73 Å². The molecule has 1 saturated carbocycles. The Kier molecular flexibility index (Phi) is 9.83. The van der Waals surface area contributed by atoms with Gasteiger partial charge in [0.05, 0.1) is 12.6 Å². The predicted molar refractivity (Wildman–Crippen MR) is 159 cm³/mol. The van der Waals surface area contributed by atoms with Crippen LogP contribution in [0.25, 0.3) is 0 Å². The number of carbonyl (C=O) groups excluding carboxylic acids is 3. The van der Waals surface area contributed by atoms with E-state index in [1.165, 1.54) is 19.3 Å². The van der Waals surface area contributed by atoms with E-state index in [4.69, 9.17) is 21.1 Å². The van der Waals surface area contributed by atoms with Crippen LogP contribution in [0.3, 0.4) is 0 Å². The summed E-state index contributed by atoms with van der Waals surface area (Å²) in [5.74, 6) is 1.49. The zero-order valence-corrected chi connectivity index (χ0v) is 23.7. The second-order valence-corrected chi connectivity index (χ2v) is 10.7. The van der Waals surface area contributed by atoms with Gasteiger partial charge in [0.15, 0.2) is 0 Å². The fraction of sp³-hybridized carbons (Fsp3) is 0.344. The molecule has 0 bridgehead atoms. The molecule has 3 amide bonds. The first kappa shape index (κ1) is 29.2. The van der Waals surface area contributed by atoms with Crippen LogP contribution in [-0.2, 0) is 9.59 Å². The van der Waals surface area contributed by atoms with Gasteiger partial charge in [0.2, 0.25) is 12.3 Å². The molecule has 8 heteroatoms. The Morgan fingerprint density at radius 3 is 2.30 bits per heavy atom. The molecule has 3 aromatic carbocycles. The Labute approximate surface area is 240 Å². The number of ether oxygens (including phenoxy) is 1. The third kappa shape index (κ3) is 6.65. The first-order valence-electron chi connectivity index (χ1n) is 13.7. The Balaban J connectivity index is 0.00000118. The summed E-state index contributed by atoms with van der Waals surface area (Å²) in [6.45, 7) is 4.34. The van der Waals surface area contributed by atoms with Crippen molar-refractivity contribution >= 4 is 41.2 Å². The summed E-state index contributed by atoms with van der Waals surface area (Å²) in [4.78, 5) is 38.8. The molecular weight excluding hydrogens is 526 g/mol. The molecule has 1 aliphatic carbocycles. The Bertz CT molecular complexity index is 1310. The van der Waals surface area contributed by atoms with Gasteiger partial charge in [0.25, 0.3) is 5.91 Å². The number of hydrogen-bond donors (Lipinski definition) is 1. The van der Waals surface area contributed by atoms with Crippen molar-refractivity contribution in [1.82, 2.24) is 0 Å². The SMILES string of the molecule is CC(=O)N(c1ccc(Cl)cc1)C1CC(C)N(C(=O)c2ccc(OCCC3CCC3)cc2)c2ccccc21.NC=O. The molecule has 0 spiro atoms. The van der Waals surface area contributed by atoms with E-state index in [0.29, 0.717) is 17.0 Å². The number of para-hydroxylation sites is 1. The van der Waals surface area contributed by atoms with E-state index < -0.39 is 0 Å². The highest BCUT2D eigenvalue weighted by Crippen LogP contribution is 2.43. The molecule has 1 heterocycles. The maximum Gasteiger partial charge on any atom is 0.258 e. The van der Waals surface area contributed by atoms with E-state index >= 15 is 0 Å². The molecule has 0 saturated heterocycles. The molecule has 40 heavy (non-hydrogen) atoms. The van der Waals surface area contributed by atoms with Gasteiger partial charge in [-0.3, -0.25) is 14.4 Å². The van der Waals surface area contributed by atoms with Crippen molar-refractivity contribution in [2.24, 2.45) is 11.7 Å². The molecule has 2 aliphatic rings. The molecule has 2 atom stereocenters. The number of nitrogens with two attached hydrogens (primary N) is 1. The monoisotopic (exact) mass is 561 g/mol. The van der Waals surface area contributed by atoms with Crippen LogP contribution in [-0.4, -0.2) is 30.9 Å². The standard InChI is InChI=1S/C31H33ClN2O3.CH3NO/c1-21-20-30(34(22(2)35)26-14-12-25(32)13-15-26)28-8-3-4-9-29(28)33(21)31(36)24-10-16-27(17-11-24)37-19-18-23-6-5-7-23;2-1-3/h3-4,8-17,21,23,30H,5-7,18-20H2,1-2H3;1H,(H2,2,3). The first-order chi connectivity index (χ1) is 19.3. The molecule has 1 aliphatic heterocycles. The van der Waals surface area contributed by atoms with Crippen LogP contribution in [0.1, 0.15) is 67.9 Å². The zero-order valence-electron chi connectivity index (χ0n) is 23.0. The summed E-state index contributed by atoms with van der Waals surface area (Å²) < 4.78 is 5.91. The van der Waals surface area contributed by atoms with Gasteiger partial charge in [-0.15, -0.1) is 0 Å². The molecule has 2 N–H and O–H groups in total. The van der Waals surface area contributed by atoms with E-state index in [1.54, 1.807) is 19.1 Å². The molecule has 3 aromatic rings. The number of nitrogens with zero attached hydrogens (tertiary/aromatic N) is 2. The third-order valence-electron chi connectivity index (χ3n) is 7.66. The number of anilines is 2. The van der Waals surface area contributed by atoms with Crippen LogP contribution in [0.2, 0.25) is 5.02 Å². The lowest BCUT2D eigenvalue weighted by Gasteiger charge is -2.43. The van der Waals surface area contributed by atoms with E-state index in [9.17, 15) is 9.59 Å². The van der Waals surface area contributed by atoms with Crippen molar-refractivity contribution in [3.05, 3.63) is 88.9 Å². The van der Waals surface area contributed by atoms with Gasteiger partial charge in [0.1, 0.15) is 5.75 Å². The lowest BCUT2D eigenvalue weighted by molar-refractivity contribution is -0.117. The molecular formula is C32H36ClN3O4. The summed E-state index contributed by atoms with van der Waals surface area (Å²) >= 11 is 6.10. The minimum Gasteiger partial charge on any atom is -0.494 e. The van der Waals surface area contributed by atoms with Gasteiger partial charge in [-0.1, -0.05) is 49.1 Å². The summed E-state index contributed by atoms with van der Waals surface area (Å²) in [7, 11) is 0. The maximum atomic E-state index is 13.7. The average Bonchev–Trinajstić information content (AvgIpc) is 2.92. The zero-order chi connectivity index (χ0) is 28.6. The van der Waals surface area contributed by atoms with Crippen LogP contribution in [0, 0.1) is 5.92 Å². The van der Waals surface area contributed by atoms with Gasteiger partial charge < -0.3 is 20.3 Å². The molecule has 2 unspecified atom stereocenters. The van der Waals surface area contributed by atoms with Crippen molar-refractivity contribution in [2.75, 3.05) is 16.4 Å². The summed E-state index contributed by atoms with van der Waals surface area (Å²) in [5, 5.41) is 0.621. The molecule has 0 radical (unpaired) electrons. The summed E-state index contributed by atoms with van der Waals surface area (Å²) in [6, 6.07) is 22.3. The van der Waals surface area contributed by atoms with Crippen LogP contribution in [0.15, 0.2) is 72.8 Å². The Hall–Kier alpha value is -3.84. The molecule has 210 valence electrons. The summed E-state index contributed by atoms with van der Waals surface area (Å²) in [6.07, 6.45) is 5.94. The number of benzene rings is 3. The van der Waals surface area contributed by atoms with Crippen LogP contribution >= 0.6 is 11.6 Å². The average molecular weight is 562 g/mol. The van der Waals surface area contributed by atoms with E-state index in [1.807, 2.05) is 77.4 Å². The van der Waals surface area contributed by atoms with Gasteiger partial charge in [-0.05, 0) is 85.8 Å². The van der Waals surface area contributed by atoms with Crippen molar-refractivity contribution in [3.8, 4) is 5.75 Å². The molecule has 5 rings (SSSR count). The fourth-order valence-corrected chi connectivity index (χ4v) is 5.60. The smallest absolute Gasteiger partial charge is 0.258 e. The largest absolute Gasteiger partial charge is 0.494 e. The predicted octanol–water partition coefficient (Wildman–Crippen LogP) is 6.54. The number of rotatable bonds is 7. The normalized spacial score (nSPS) is 17.9. The van der Waals surface area contributed by atoms with Gasteiger partial charge >= 0.3 is 0 Å². The van der Waals surface area contributed by atoms with E-state index in [-0.39, 0.29) is 30.3 Å². The van der Waals surface area contributed by atoms with Gasteiger partial charge in [0, 0.05) is 34.9 Å². The van der Waals surface area contributed by atoms with Crippen molar-refractivity contribution in [3.63, 3.8) is 0 Å². The van der Waals surface area contributed by atoms with Crippen molar-refractivity contribution in [1.29, 1.82) is 0 Å². The molecule has 0 aromatic heterocycles. The highest BCUT2D eigenvalue weighted by atomic mass is 35.5. The Morgan fingerprint density at radius 1 is 1.05 bits per heavy atom. The number of amides is 3. The van der Waals surface area contributed by atoms with Crippen molar-refractivity contribution < 1.29 is 19.1 Å². The van der Waals surface area contributed by atoms with Gasteiger partial charge in [-0.25, -0.2) is 0 Å². The van der Waals surface area contributed by atoms with E-state index in [0.717, 1.165) is 41.6 Å². The minimum absolute atomic E-state index is 0.0537. The quantitative estimate of drug-likeness (QED) is 0.331. The third-order valence-corrected chi connectivity index (χ3v) is 7.91. The molecule has 1 fully saturated rings. The lowest BCUT2D eigenvalue weighted by atomic mass is 9.83. The lowest BCUT2D eigenvalue weighted by Crippen LogP contribution is -2.47. The number of halogens is 1. The highest BCUT2D eigenvalue weighted by molar-refractivity contribution is 6.30. The highest BCUT2D eigenvalue weighted by Gasteiger charge is 2.38. The first-order valence-corrected chi connectivity index (χ1v) is 14.1. The summed E-state index contributed by atoms with van der Waals surface area (Å²) in [5.41, 5.74) is 7.36. The number of hydrogen-bond acceptors (Lipinski definition) is 4. The second kappa shape index (κ2) is 13.5. The number of fused-ring (bicyclic) bond motifs is 1. The van der Waals surface area contributed by atoms with Crippen LogP contribution < -0.4 is 20.3 Å². The topological polar surface area (TPSA) is 92.9 Å². The van der Waals surface area contributed by atoms with Gasteiger partial charge in [-0.2, -0.15) is 0 Å². The molecule has 7 nitrogen and oxygen atoms in total. The number of primary amides is 1. The van der Waals surface area contributed by atoms with Crippen LogP contribution in [0.5, 0.6) is 5.75 Å². The van der Waals surface area contributed by atoms with Crippen molar-refractivity contribution in [2.45, 2.75) is 58.0 Å². The minimum atomic E-state index is -0.194. The fourth-order valence-electron chi connectivity index (χ4n) is 5.48.